The van der Waals surface area contributed by atoms with Crippen LogP contribution in [0.4, 0.5) is 0 Å². The molecule has 0 amide bonds. The van der Waals surface area contributed by atoms with Gasteiger partial charge in [-0.05, 0) is 63.2 Å². The largest absolute Gasteiger partial charge is 0.519 e. The predicted octanol–water partition coefficient (Wildman–Crippen LogP) is 4.32. The Balaban J connectivity index is 1.20. The number of hydrogen-bond donors (Lipinski definition) is 0. The summed E-state index contributed by atoms with van der Waals surface area (Å²) < 4.78 is 18.6. The van der Waals surface area contributed by atoms with Crippen molar-refractivity contribution in [2.45, 2.75) is 82.8 Å². The van der Waals surface area contributed by atoms with E-state index in [0.717, 1.165) is 70.2 Å². The Morgan fingerprint density at radius 1 is 1.06 bits per heavy atom. The zero-order chi connectivity index (χ0) is 24.5. The van der Waals surface area contributed by atoms with Crippen molar-refractivity contribution in [1.29, 1.82) is 0 Å². The third kappa shape index (κ3) is 4.54. The van der Waals surface area contributed by atoms with Crippen LogP contribution in [0.15, 0.2) is 44.2 Å². The molecule has 0 N–H and O–H groups in total. The van der Waals surface area contributed by atoms with Crippen LogP contribution in [0.25, 0.3) is 5.69 Å². The molecule has 3 aromatic rings. The van der Waals surface area contributed by atoms with Crippen LogP contribution >= 0.6 is 0 Å². The molecule has 1 saturated carbocycles. The number of nitrogens with zero attached hydrogens (tertiary/aromatic N) is 3. The topological polar surface area (TPSA) is 90.7 Å². The molecular formula is C28H33N3O5. The molecule has 0 radical (unpaired) electrons. The highest BCUT2D eigenvalue weighted by atomic mass is 16.6. The Labute approximate surface area is 210 Å². The molecule has 1 atom stereocenters. The van der Waals surface area contributed by atoms with E-state index >= 15 is 0 Å². The second-order valence-corrected chi connectivity index (χ2v) is 10.3. The molecule has 2 fully saturated rings. The molecule has 6 rings (SSSR count). The maximum Gasteiger partial charge on any atom is 0.519 e. The summed E-state index contributed by atoms with van der Waals surface area (Å²) >= 11 is 0. The Morgan fingerprint density at radius 3 is 2.69 bits per heavy atom. The summed E-state index contributed by atoms with van der Waals surface area (Å²) in [4.78, 5) is 32.3. The van der Waals surface area contributed by atoms with E-state index in [0.29, 0.717) is 17.9 Å². The van der Waals surface area contributed by atoms with Crippen molar-refractivity contribution < 1.29 is 18.4 Å². The van der Waals surface area contributed by atoms with Gasteiger partial charge >= 0.3 is 11.8 Å². The summed E-state index contributed by atoms with van der Waals surface area (Å²) in [5, 5.41) is 0. The second-order valence-electron chi connectivity index (χ2n) is 10.3. The highest BCUT2D eigenvalue weighted by Crippen LogP contribution is 2.34. The minimum atomic E-state index is -0.720. The first kappa shape index (κ1) is 23.3. The van der Waals surface area contributed by atoms with Crippen LogP contribution in [-0.4, -0.2) is 39.6 Å². The Kier molecular flexibility index (Phi) is 6.52. The Morgan fingerprint density at radius 2 is 1.86 bits per heavy atom. The number of esters is 1. The molecular weight excluding hydrogens is 458 g/mol. The number of benzene rings is 1. The van der Waals surface area contributed by atoms with Crippen LogP contribution in [0, 0.1) is 0 Å². The number of ether oxygens (including phenoxy) is 1. The number of aromatic nitrogens is 2. The van der Waals surface area contributed by atoms with Gasteiger partial charge in [-0.15, -0.1) is 0 Å². The average molecular weight is 492 g/mol. The van der Waals surface area contributed by atoms with Crippen molar-refractivity contribution in [1.82, 2.24) is 14.5 Å². The van der Waals surface area contributed by atoms with Crippen LogP contribution in [0.5, 0.6) is 0 Å². The van der Waals surface area contributed by atoms with Crippen LogP contribution < -0.4 is 5.82 Å². The summed E-state index contributed by atoms with van der Waals surface area (Å²) in [7, 11) is 0. The van der Waals surface area contributed by atoms with E-state index in [1.54, 1.807) is 0 Å². The molecule has 1 saturated heterocycles. The smallest absolute Gasteiger partial charge is 0.456 e. The fraction of sp³-hybridized carbons (Fsp3) is 0.536. The number of carbonyl (C=O) groups excluding carboxylic acids is 1. The van der Waals surface area contributed by atoms with Gasteiger partial charge in [0.2, 0.25) is 0 Å². The maximum atomic E-state index is 13.4. The predicted molar refractivity (Wildman–Crippen MR) is 132 cm³/mol. The minimum Gasteiger partial charge on any atom is -0.456 e. The summed E-state index contributed by atoms with van der Waals surface area (Å²) in [5.74, 6) is 0.0626. The van der Waals surface area contributed by atoms with Gasteiger partial charge < -0.3 is 18.1 Å². The van der Waals surface area contributed by atoms with Crippen molar-refractivity contribution in [3.63, 3.8) is 0 Å². The SMILES string of the molecule is O=C(OCc1oc(=O)oc1C1CCCCC1)C(Cc1ncn2c1CCc1ccccc1-2)N1CCCC1. The lowest BCUT2D eigenvalue weighted by molar-refractivity contribution is -0.151. The first-order valence-electron chi connectivity index (χ1n) is 13.3. The van der Waals surface area contributed by atoms with Crippen molar-refractivity contribution in [3.8, 4) is 5.69 Å². The zero-order valence-corrected chi connectivity index (χ0v) is 20.6. The van der Waals surface area contributed by atoms with Crippen LogP contribution in [0.1, 0.15) is 79.3 Å². The van der Waals surface area contributed by atoms with Gasteiger partial charge in [0.1, 0.15) is 6.04 Å². The van der Waals surface area contributed by atoms with E-state index in [1.165, 1.54) is 23.4 Å². The molecule has 0 bridgehead atoms. The molecule has 1 unspecified atom stereocenters. The molecule has 1 aliphatic carbocycles. The van der Waals surface area contributed by atoms with Crippen molar-refractivity contribution in [3.05, 3.63) is 69.7 Å². The molecule has 3 aliphatic rings. The monoisotopic (exact) mass is 491 g/mol. The van der Waals surface area contributed by atoms with E-state index in [2.05, 4.69) is 27.7 Å². The number of rotatable bonds is 7. The molecule has 2 aliphatic heterocycles. The standard InChI is InChI=1S/C28H33N3O5/c32-27(34-17-25-26(36-28(33)35-25)20-9-2-1-3-10-20)24(30-14-6-7-15-30)16-21-23-13-12-19-8-4-5-11-22(19)31(23)18-29-21/h4-5,8,11,18,20,24H,1-3,6-7,9-10,12-17H2. The number of carbonyl (C=O) groups is 1. The first-order valence-corrected chi connectivity index (χ1v) is 13.3. The van der Waals surface area contributed by atoms with E-state index in [-0.39, 0.29) is 18.5 Å². The Hall–Kier alpha value is -3.13. The van der Waals surface area contributed by atoms with E-state index in [9.17, 15) is 9.59 Å². The number of hydrogen-bond acceptors (Lipinski definition) is 7. The number of aryl methyl sites for hydroxylation is 1. The van der Waals surface area contributed by atoms with E-state index < -0.39 is 11.9 Å². The molecule has 36 heavy (non-hydrogen) atoms. The molecule has 8 heteroatoms. The molecule has 8 nitrogen and oxygen atoms in total. The second kappa shape index (κ2) is 10.1. The zero-order valence-electron chi connectivity index (χ0n) is 20.6. The van der Waals surface area contributed by atoms with Crippen molar-refractivity contribution in [2.24, 2.45) is 0 Å². The van der Waals surface area contributed by atoms with Gasteiger partial charge in [-0.25, -0.2) is 9.78 Å². The minimum absolute atomic E-state index is 0.0740. The third-order valence-electron chi connectivity index (χ3n) is 8.07. The lowest BCUT2D eigenvalue weighted by Crippen LogP contribution is -2.42. The number of fused-ring (bicyclic) bond motifs is 3. The number of para-hydroxylation sites is 1. The van der Waals surface area contributed by atoms with Gasteiger partial charge in [0.15, 0.2) is 18.1 Å². The summed E-state index contributed by atoms with van der Waals surface area (Å²) in [6.07, 6.45) is 11.7. The molecule has 4 heterocycles. The fourth-order valence-corrected chi connectivity index (χ4v) is 6.19. The van der Waals surface area contributed by atoms with Crippen molar-refractivity contribution >= 4 is 5.97 Å². The van der Waals surface area contributed by atoms with Gasteiger partial charge in [0.05, 0.1) is 12.0 Å². The highest BCUT2D eigenvalue weighted by Gasteiger charge is 2.33. The molecule has 190 valence electrons. The van der Waals surface area contributed by atoms with Gasteiger partial charge in [-0.3, -0.25) is 9.69 Å². The highest BCUT2D eigenvalue weighted by molar-refractivity contribution is 5.76. The lowest BCUT2D eigenvalue weighted by atomic mass is 9.87. The van der Waals surface area contributed by atoms with E-state index in [4.69, 9.17) is 18.6 Å². The van der Waals surface area contributed by atoms with Gasteiger partial charge in [0.25, 0.3) is 0 Å². The number of imidazole rings is 1. The van der Waals surface area contributed by atoms with Gasteiger partial charge in [0, 0.05) is 23.7 Å². The fourth-order valence-electron chi connectivity index (χ4n) is 6.19. The van der Waals surface area contributed by atoms with Crippen LogP contribution in [-0.2, 0) is 35.4 Å². The molecule has 0 spiro atoms. The van der Waals surface area contributed by atoms with Crippen LogP contribution in [0.2, 0.25) is 0 Å². The summed E-state index contributed by atoms with van der Waals surface area (Å²) in [6.45, 7) is 1.66. The maximum absolute atomic E-state index is 13.4. The van der Waals surface area contributed by atoms with Gasteiger partial charge in [-0.2, -0.15) is 0 Å². The normalized spacial score (nSPS) is 19.1. The molecule has 1 aromatic carbocycles. The average Bonchev–Trinajstić information content (AvgIpc) is 3.66. The van der Waals surface area contributed by atoms with E-state index in [1.807, 2.05) is 12.4 Å². The Bertz CT molecular complexity index is 1280. The summed E-state index contributed by atoms with van der Waals surface area (Å²) in [6, 6.07) is 7.99. The van der Waals surface area contributed by atoms with Gasteiger partial charge in [-0.1, -0.05) is 37.5 Å². The lowest BCUT2D eigenvalue weighted by Gasteiger charge is -2.26. The first-order chi connectivity index (χ1) is 17.7. The third-order valence-corrected chi connectivity index (χ3v) is 8.07. The van der Waals surface area contributed by atoms with Crippen molar-refractivity contribution in [2.75, 3.05) is 13.1 Å². The summed E-state index contributed by atoms with van der Waals surface area (Å²) in [5.41, 5.74) is 4.62. The molecule has 2 aromatic heterocycles. The van der Waals surface area contributed by atoms with Crippen LogP contribution in [0.3, 0.4) is 0 Å². The number of likely N-dealkylation sites (tertiary alicyclic amines) is 1. The quantitative estimate of drug-likeness (QED) is 0.455.